The molecule has 0 radical (unpaired) electrons. The average molecular weight is 499 g/mol. The Hall–Kier alpha value is -4.72. The van der Waals surface area contributed by atoms with Gasteiger partial charge in [-0.25, -0.2) is 0 Å². The average Bonchev–Trinajstić information content (AvgIpc) is 3.63. The molecule has 1 aliphatic rings. The summed E-state index contributed by atoms with van der Waals surface area (Å²) in [5, 5.41) is 2.93. The molecule has 1 N–H and O–H groups in total. The van der Waals surface area contributed by atoms with Gasteiger partial charge in [-0.3, -0.25) is 9.59 Å². The van der Waals surface area contributed by atoms with Gasteiger partial charge >= 0.3 is 0 Å². The number of carbonyl (C=O) groups excluding carboxylic acids is 2. The standard InChI is InChI=1S/C29H26N2O6/c1-34-24-11-6-21(7-12-24)18-31(29(33)26-3-2-14-35-26)23-9-4-20(5-10-23)16-28(32)30-17-22-8-13-25-27(15-22)37-19-36-25/h2-15H,16-19H2,1H3,(H,30,32). The van der Waals surface area contributed by atoms with E-state index in [1.165, 1.54) is 6.26 Å². The quantitative estimate of drug-likeness (QED) is 0.359. The molecule has 8 nitrogen and oxygen atoms in total. The van der Waals surface area contributed by atoms with Gasteiger partial charge in [-0.15, -0.1) is 0 Å². The normalized spacial score (nSPS) is 11.7. The minimum atomic E-state index is -0.255. The molecule has 0 bridgehead atoms. The third-order valence-electron chi connectivity index (χ3n) is 6.02. The number of nitrogens with one attached hydrogen (secondary N) is 1. The summed E-state index contributed by atoms with van der Waals surface area (Å²) in [5.74, 6) is 2.03. The van der Waals surface area contributed by atoms with Crippen molar-refractivity contribution in [1.29, 1.82) is 0 Å². The van der Waals surface area contributed by atoms with Crippen LogP contribution < -0.4 is 24.4 Å². The maximum absolute atomic E-state index is 13.2. The fourth-order valence-electron chi connectivity index (χ4n) is 4.02. The highest BCUT2D eigenvalue weighted by Gasteiger charge is 2.21. The van der Waals surface area contributed by atoms with Crippen LogP contribution >= 0.6 is 0 Å². The highest BCUT2D eigenvalue weighted by atomic mass is 16.7. The van der Waals surface area contributed by atoms with Gasteiger partial charge in [0.1, 0.15) is 5.75 Å². The molecular formula is C29H26N2O6. The second kappa shape index (κ2) is 10.9. The first kappa shape index (κ1) is 24.0. The Kier molecular flexibility index (Phi) is 7.07. The van der Waals surface area contributed by atoms with Crippen molar-refractivity contribution in [3.63, 3.8) is 0 Å². The number of ether oxygens (including phenoxy) is 3. The molecule has 1 aliphatic heterocycles. The lowest BCUT2D eigenvalue weighted by Gasteiger charge is -2.22. The van der Waals surface area contributed by atoms with Crippen LogP contribution in [0.4, 0.5) is 5.69 Å². The molecule has 0 spiro atoms. The topological polar surface area (TPSA) is 90.2 Å². The van der Waals surface area contributed by atoms with Gasteiger partial charge in [0.25, 0.3) is 5.91 Å². The minimum absolute atomic E-state index is 0.104. The molecule has 2 heterocycles. The van der Waals surface area contributed by atoms with E-state index in [0.717, 1.165) is 22.4 Å². The molecule has 2 amide bonds. The van der Waals surface area contributed by atoms with E-state index in [9.17, 15) is 9.59 Å². The molecule has 4 aromatic rings. The zero-order chi connectivity index (χ0) is 25.6. The monoisotopic (exact) mass is 498 g/mol. The summed E-state index contributed by atoms with van der Waals surface area (Å²) >= 11 is 0. The molecular weight excluding hydrogens is 472 g/mol. The third-order valence-corrected chi connectivity index (χ3v) is 6.02. The summed E-state index contributed by atoms with van der Waals surface area (Å²) in [7, 11) is 1.61. The van der Waals surface area contributed by atoms with E-state index in [1.54, 1.807) is 24.1 Å². The van der Waals surface area contributed by atoms with Gasteiger partial charge in [-0.2, -0.15) is 0 Å². The lowest BCUT2D eigenvalue weighted by molar-refractivity contribution is -0.120. The van der Waals surface area contributed by atoms with Crippen molar-refractivity contribution >= 4 is 17.5 Å². The first-order chi connectivity index (χ1) is 18.1. The van der Waals surface area contributed by atoms with Crippen LogP contribution in [0.3, 0.4) is 0 Å². The molecule has 3 aromatic carbocycles. The van der Waals surface area contributed by atoms with Crippen LogP contribution in [0.2, 0.25) is 0 Å². The molecule has 37 heavy (non-hydrogen) atoms. The fraction of sp³-hybridized carbons (Fsp3) is 0.172. The van der Waals surface area contributed by atoms with Crippen molar-refractivity contribution < 1.29 is 28.2 Å². The largest absolute Gasteiger partial charge is 0.497 e. The number of amides is 2. The van der Waals surface area contributed by atoms with Crippen LogP contribution in [0.15, 0.2) is 89.5 Å². The van der Waals surface area contributed by atoms with Crippen LogP contribution in [0.1, 0.15) is 27.2 Å². The van der Waals surface area contributed by atoms with Crippen LogP contribution in [-0.4, -0.2) is 25.7 Å². The van der Waals surface area contributed by atoms with Crippen LogP contribution in [-0.2, 0) is 24.3 Å². The number of carbonyl (C=O) groups is 2. The Balaban J connectivity index is 1.25. The van der Waals surface area contributed by atoms with Crippen molar-refractivity contribution in [2.24, 2.45) is 0 Å². The molecule has 0 fully saturated rings. The molecule has 1 aromatic heterocycles. The summed E-state index contributed by atoms with van der Waals surface area (Å²) in [5.41, 5.74) is 3.40. The van der Waals surface area contributed by atoms with E-state index in [-0.39, 0.29) is 30.8 Å². The predicted molar refractivity (Wildman–Crippen MR) is 137 cm³/mol. The Labute approximate surface area is 214 Å². The number of hydrogen-bond donors (Lipinski definition) is 1. The highest BCUT2D eigenvalue weighted by Crippen LogP contribution is 2.32. The van der Waals surface area contributed by atoms with Gasteiger partial charge < -0.3 is 28.8 Å². The Morgan fingerprint density at radius 2 is 1.62 bits per heavy atom. The summed E-state index contributed by atoms with van der Waals surface area (Å²) in [6, 6.07) is 23.9. The number of anilines is 1. The number of nitrogens with zero attached hydrogens (tertiary/aromatic N) is 1. The molecule has 0 aliphatic carbocycles. The first-order valence-electron chi connectivity index (χ1n) is 11.8. The Morgan fingerprint density at radius 1 is 0.892 bits per heavy atom. The molecule has 0 saturated heterocycles. The number of fused-ring (bicyclic) bond motifs is 1. The molecule has 5 rings (SSSR count). The zero-order valence-electron chi connectivity index (χ0n) is 20.3. The van der Waals surface area contributed by atoms with E-state index < -0.39 is 0 Å². The maximum Gasteiger partial charge on any atom is 0.294 e. The summed E-state index contributed by atoms with van der Waals surface area (Å²) in [6.07, 6.45) is 1.69. The van der Waals surface area contributed by atoms with Crippen molar-refractivity contribution in [1.82, 2.24) is 5.32 Å². The van der Waals surface area contributed by atoms with Gasteiger partial charge in [0.05, 0.1) is 26.3 Å². The maximum atomic E-state index is 13.2. The molecule has 0 saturated carbocycles. The number of benzene rings is 3. The predicted octanol–water partition coefficient (Wildman–Crippen LogP) is 4.72. The van der Waals surface area contributed by atoms with E-state index in [0.29, 0.717) is 30.3 Å². The molecule has 0 atom stereocenters. The van der Waals surface area contributed by atoms with Crippen LogP contribution in [0.25, 0.3) is 0 Å². The van der Waals surface area contributed by atoms with Crippen molar-refractivity contribution in [3.8, 4) is 17.2 Å². The highest BCUT2D eigenvalue weighted by molar-refractivity contribution is 6.04. The molecule has 0 unspecified atom stereocenters. The first-order valence-corrected chi connectivity index (χ1v) is 11.8. The Morgan fingerprint density at radius 3 is 2.35 bits per heavy atom. The summed E-state index contributed by atoms with van der Waals surface area (Å²) in [4.78, 5) is 27.4. The van der Waals surface area contributed by atoms with Crippen molar-refractivity contribution in [2.45, 2.75) is 19.5 Å². The minimum Gasteiger partial charge on any atom is -0.497 e. The number of furan rings is 1. The molecule has 8 heteroatoms. The summed E-state index contributed by atoms with van der Waals surface area (Å²) in [6.45, 7) is 0.950. The number of hydrogen-bond acceptors (Lipinski definition) is 6. The van der Waals surface area contributed by atoms with Gasteiger partial charge in [0.2, 0.25) is 12.7 Å². The summed E-state index contributed by atoms with van der Waals surface area (Å²) < 4.78 is 21.3. The molecule has 188 valence electrons. The lowest BCUT2D eigenvalue weighted by Crippen LogP contribution is -2.30. The number of methoxy groups -OCH3 is 1. The van der Waals surface area contributed by atoms with Gasteiger partial charge in [-0.1, -0.05) is 30.3 Å². The van der Waals surface area contributed by atoms with E-state index >= 15 is 0 Å². The van der Waals surface area contributed by atoms with E-state index in [4.69, 9.17) is 18.6 Å². The van der Waals surface area contributed by atoms with Gasteiger partial charge in [0, 0.05) is 12.2 Å². The third kappa shape index (κ3) is 5.75. The second-order valence-electron chi connectivity index (χ2n) is 8.52. The smallest absolute Gasteiger partial charge is 0.294 e. The lowest BCUT2D eigenvalue weighted by atomic mass is 10.1. The van der Waals surface area contributed by atoms with Gasteiger partial charge in [0.15, 0.2) is 17.3 Å². The van der Waals surface area contributed by atoms with Crippen LogP contribution in [0.5, 0.6) is 17.2 Å². The van der Waals surface area contributed by atoms with E-state index in [2.05, 4.69) is 5.32 Å². The SMILES string of the molecule is COc1ccc(CN(C(=O)c2ccco2)c2ccc(CC(=O)NCc3ccc4c(c3)OCO4)cc2)cc1. The number of rotatable bonds is 9. The van der Waals surface area contributed by atoms with Crippen molar-refractivity contribution in [3.05, 3.63) is 108 Å². The zero-order valence-corrected chi connectivity index (χ0v) is 20.3. The second-order valence-corrected chi connectivity index (χ2v) is 8.52. The van der Waals surface area contributed by atoms with Crippen LogP contribution in [0, 0.1) is 0 Å². The van der Waals surface area contributed by atoms with Crippen molar-refractivity contribution in [2.75, 3.05) is 18.8 Å². The van der Waals surface area contributed by atoms with Gasteiger partial charge in [-0.05, 0) is 65.2 Å². The Bertz CT molecular complexity index is 1360. The fourth-order valence-corrected chi connectivity index (χ4v) is 4.02. The van der Waals surface area contributed by atoms with E-state index in [1.807, 2.05) is 66.7 Å².